The summed E-state index contributed by atoms with van der Waals surface area (Å²) >= 11 is 0. The van der Waals surface area contributed by atoms with Crippen LogP contribution in [0.3, 0.4) is 0 Å². The molecule has 0 aromatic rings. The third-order valence-corrected chi connectivity index (χ3v) is 1.37. The molecular weight excluding hydrogens is 234 g/mol. The molecule has 0 aliphatic heterocycles. The zero-order chi connectivity index (χ0) is 5.66. The smallest absolute Gasteiger partial charge is 1.00 e. The molecule has 2 heteroatoms. The Labute approximate surface area is 81.9 Å². The number of hydrogen-bond donors (Lipinski definition) is 0. The van der Waals surface area contributed by atoms with Crippen LogP contribution < -0.4 is 12.4 Å². The van der Waals surface area contributed by atoms with Crippen LogP contribution in [0, 0.1) is 0 Å². The van der Waals surface area contributed by atoms with E-state index in [1.54, 1.807) is 0 Å². The molecule has 0 spiro atoms. The summed E-state index contributed by atoms with van der Waals surface area (Å²) in [6.07, 6.45) is 14.0. The van der Waals surface area contributed by atoms with Gasteiger partial charge in [-0.05, 0) is 25.7 Å². The third kappa shape index (κ3) is 6.51. The van der Waals surface area contributed by atoms with Crippen molar-refractivity contribution in [3.8, 4) is 0 Å². The molecule has 1 rings (SSSR count). The fraction of sp³-hybridized carbons (Fsp3) is 0.500. The summed E-state index contributed by atoms with van der Waals surface area (Å²) in [7, 11) is 0. The summed E-state index contributed by atoms with van der Waals surface area (Å²) < 4.78 is 0. The maximum Gasteiger partial charge on any atom is 2.00 e. The maximum absolute atomic E-state index is 2.23. The molecule has 0 amide bonds. The Morgan fingerprint density at radius 1 is 0.800 bits per heavy atom. The van der Waals surface area contributed by atoms with Gasteiger partial charge in [-0.1, -0.05) is 24.3 Å². The molecule has 0 saturated heterocycles. The molecule has 10 heavy (non-hydrogen) atoms. The first-order valence-corrected chi connectivity index (χ1v) is 3.32. The first-order chi connectivity index (χ1) is 4.00. The zero-order valence-electron chi connectivity index (χ0n) is 5.85. The average Bonchev–Trinajstić information content (AvgIpc) is 1.62. The van der Waals surface area contributed by atoms with Crippen LogP contribution in [0.4, 0.5) is 0 Å². The van der Waals surface area contributed by atoms with E-state index in [1.165, 1.54) is 25.7 Å². The molecule has 59 valence electrons. The first kappa shape index (κ1) is 13.0. The molecule has 1 aliphatic rings. The van der Waals surface area contributed by atoms with Crippen LogP contribution in [0.5, 0.6) is 0 Å². The molecule has 0 atom stereocenters. The third-order valence-electron chi connectivity index (χ3n) is 1.37. The topological polar surface area (TPSA) is 0 Å². The van der Waals surface area contributed by atoms with E-state index in [0.29, 0.717) is 0 Å². The van der Waals surface area contributed by atoms with E-state index < -0.39 is 0 Å². The predicted molar refractivity (Wildman–Crippen MR) is 36.7 cm³/mol. The van der Waals surface area contributed by atoms with Gasteiger partial charge >= 0.3 is 19.5 Å². The molecule has 0 saturated carbocycles. The Hall–Kier alpha value is 0.393. The summed E-state index contributed by atoms with van der Waals surface area (Å²) in [4.78, 5) is 0. The van der Waals surface area contributed by atoms with Crippen molar-refractivity contribution in [3.63, 3.8) is 0 Å². The largest absolute Gasteiger partial charge is 2.00 e. The molecule has 1 radical (unpaired) electrons. The van der Waals surface area contributed by atoms with Gasteiger partial charge in [0, 0.05) is 0 Å². The van der Waals surface area contributed by atoms with Gasteiger partial charge in [0.15, 0.2) is 0 Å². The van der Waals surface area contributed by atoms with Gasteiger partial charge in [-0.2, -0.15) is 0 Å². The van der Waals surface area contributed by atoms with Gasteiger partial charge in [-0.15, -0.1) is 0 Å². The summed E-state index contributed by atoms with van der Waals surface area (Å²) in [6, 6.07) is 0. The number of rotatable bonds is 0. The molecule has 0 unspecified atom stereocenters. The SMILES string of the molecule is C1=C\CCCC\C=C/1.[Cl-].[Rh+2]. The molecule has 0 aromatic heterocycles. The van der Waals surface area contributed by atoms with Crippen LogP contribution in [-0.2, 0) is 19.5 Å². The van der Waals surface area contributed by atoms with Crippen LogP contribution in [-0.4, -0.2) is 0 Å². The van der Waals surface area contributed by atoms with Gasteiger partial charge in [0.1, 0.15) is 0 Å². The Kier molecular flexibility index (Phi) is 12.2. The Balaban J connectivity index is 0. The predicted octanol–water partition coefficient (Wildman–Crippen LogP) is -0.326. The standard InChI is InChI=1S/C8H12.ClH.Rh/c1-2-4-6-8-7-5-3-1;;/h1-4H,5-8H2;1H;/q;;+2/p-1/b3-1-,4-2-;;. The molecule has 0 N–H and O–H groups in total. The van der Waals surface area contributed by atoms with Crippen molar-refractivity contribution < 1.29 is 31.9 Å². The van der Waals surface area contributed by atoms with Crippen LogP contribution in [0.15, 0.2) is 24.3 Å². The fourth-order valence-electron chi connectivity index (χ4n) is 0.874. The summed E-state index contributed by atoms with van der Waals surface area (Å²) in [5.41, 5.74) is 0. The fourth-order valence-corrected chi connectivity index (χ4v) is 0.874. The second-order valence-corrected chi connectivity index (χ2v) is 2.14. The van der Waals surface area contributed by atoms with Gasteiger partial charge < -0.3 is 12.4 Å². The molecule has 0 aromatic carbocycles. The van der Waals surface area contributed by atoms with E-state index >= 15 is 0 Å². The zero-order valence-corrected chi connectivity index (χ0v) is 8.24. The monoisotopic (exact) mass is 246 g/mol. The van der Waals surface area contributed by atoms with E-state index in [0.717, 1.165) is 0 Å². The van der Waals surface area contributed by atoms with Crippen molar-refractivity contribution in [1.82, 2.24) is 0 Å². The van der Waals surface area contributed by atoms with Crippen molar-refractivity contribution in [3.05, 3.63) is 24.3 Å². The van der Waals surface area contributed by atoms with Gasteiger partial charge in [0.25, 0.3) is 0 Å². The van der Waals surface area contributed by atoms with Gasteiger partial charge in [-0.25, -0.2) is 0 Å². The van der Waals surface area contributed by atoms with E-state index in [4.69, 9.17) is 0 Å². The van der Waals surface area contributed by atoms with Crippen LogP contribution >= 0.6 is 0 Å². The minimum Gasteiger partial charge on any atom is -1.00 e. The molecule has 1 aliphatic carbocycles. The van der Waals surface area contributed by atoms with Gasteiger partial charge in [0.2, 0.25) is 0 Å². The normalized spacial score (nSPS) is 22.4. The van der Waals surface area contributed by atoms with Crippen LogP contribution in [0.25, 0.3) is 0 Å². The molecular formula is C8H12ClRh+. The number of halogens is 1. The number of allylic oxidation sites excluding steroid dienone is 4. The average molecular weight is 247 g/mol. The van der Waals surface area contributed by atoms with Crippen LogP contribution in [0.1, 0.15) is 25.7 Å². The first-order valence-electron chi connectivity index (χ1n) is 3.32. The van der Waals surface area contributed by atoms with Crippen molar-refractivity contribution in [2.45, 2.75) is 25.7 Å². The second-order valence-electron chi connectivity index (χ2n) is 2.14. The summed E-state index contributed by atoms with van der Waals surface area (Å²) in [5, 5.41) is 0. The maximum atomic E-state index is 2.23. The Morgan fingerprint density at radius 3 is 1.60 bits per heavy atom. The van der Waals surface area contributed by atoms with E-state index in [2.05, 4.69) is 24.3 Å². The second kappa shape index (κ2) is 9.39. The summed E-state index contributed by atoms with van der Waals surface area (Å²) in [5.74, 6) is 0. The van der Waals surface area contributed by atoms with Gasteiger partial charge in [-0.3, -0.25) is 0 Å². The van der Waals surface area contributed by atoms with Crippen molar-refractivity contribution in [2.24, 2.45) is 0 Å². The van der Waals surface area contributed by atoms with Crippen LogP contribution in [0.2, 0.25) is 0 Å². The number of hydrogen-bond acceptors (Lipinski definition) is 0. The molecule has 0 fully saturated rings. The minimum absolute atomic E-state index is 0. The van der Waals surface area contributed by atoms with E-state index in [9.17, 15) is 0 Å². The Bertz CT molecular complexity index is 93.8. The van der Waals surface area contributed by atoms with Crippen molar-refractivity contribution in [2.75, 3.05) is 0 Å². The molecule has 0 nitrogen and oxygen atoms in total. The molecule has 0 heterocycles. The van der Waals surface area contributed by atoms with E-state index in [-0.39, 0.29) is 31.9 Å². The van der Waals surface area contributed by atoms with Crippen molar-refractivity contribution >= 4 is 0 Å². The quantitative estimate of drug-likeness (QED) is 0.514. The van der Waals surface area contributed by atoms with Gasteiger partial charge in [0.05, 0.1) is 0 Å². The Morgan fingerprint density at radius 2 is 1.20 bits per heavy atom. The van der Waals surface area contributed by atoms with E-state index in [1.807, 2.05) is 0 Å². The minimum atomic E-state index is 0. The van der Waals surface area contributed by atoms with Crippen molar-refractivity contribution in [1.29, 1.82) is 0 Å². The summed E-state index contributed by atoms with van der Waals surface area (Å²) in [6.45, 7) is 0. The molecule has 0 bridgehead atoms.